The van der Waals surface area contributed by atoms with Crippen LogP contribution in [0.5, 0.6) is 0 Å². The Morgan fingerprint density at radius 2 is 1.95 bits per heavy atom. The first-order valence-electron chi connectivity index (χ1n) is 6.47. The van der Waals surface area contributed by atoms with Gasteiger partial charge in [-0.1, -0.05) is 30.3 Å². The number of thiazole rings is 1. The Morgan fingerprint density at radius 1 is 1.14 bits per heavy atom. The van der Waals surface area contributed by atoms with E-state index >= 15 is 0 Å². The summed E-state index contributed by atoms with van der Waals surface area (Å²) in [4.78, 5) is 20.6. The number of benzene rings is 1. The molecule has 21 heavy (non-hydrogen) atoms. The second-order valence-corrected chi connectivity index (χ2v) is 5.40. The zero-order valence-electron chi connectivity index (χ0n) is 11.4. The molecule has 0 aliphatic rings. The first-order chi connectivity index (χ1) is 10.2. The van der Waals surface area contributed by atoms with Crippen LogP contribution < -0.4 is 5.32 Å². The topological polar surface area (TPSA) is 54.9 Å². The van der Waals surface area contributed by atoms with Crippen molar-refractivity contribution in [2.24, 2.45) is 0 Å². The molecule has 0 atom stereocenters. The molecule has 0 aliphatic carbocycles. The van der Waals surface area contributed by atoms with Gasteiger partial charge in [-0.2, -0.15) is 0 Å². The quantitative estimate of drug-likeness (QED) is 0.800. The fourth-order valence-corrected chi connectivity index (χ4v) is 2.56. The van der Waals surface area contributed by atoms with Gasteiger partial charge < -0.3 is 0 Å². The number of carbonyl (C=O) groups is 1. The minimum Gasteiger partial charge on any atom is -0.298 e. The van der Waals surface area contributed by atoms with Gasteiger partial charge in [-0.3, -0.25) is 15.1 Å². The monoisotopic (exact) mass is 295 g/mol. The zero-order chi connectivity index (χ0) is 14.7. The molecule has 4 nitrogen and oxygen atoms in total. The normalized spacial score (nSPS) is 10.3. The first-order valence-corrected chi connectivity index (χ1v) is 7.35. The van der Waals surface area contributed by atoms with Crippen molar-refractivity contribution in [3.05, 3.63) is 65.3 Å². The van der Waals surface area contributed by atoms with E-state index in [0.29, 0.717) is 10.7 Å². The van der Waals surface area contributed by atoms with E-state index < -0.39 is 0 Å². The lowest BCUT2D eigenvalue weighted by Gasteiger charge is -2.01. The van der Waals surface area contributed by atoms with Crippen molar-refractivity contribution >= 4 is 22.4 Å². The Bertz CT molecular complexity index is 751. The van der Waals surface area contributed by atoms with E-state index in [1.165, 1.54) is 11.3 Å². The maximum atomic E-state index is 12.1. The van der Waals surface area contributed by atoms with E-state index in [-0.39, 0.29) is 5.91 Å². The summed E-state index contributed by atoms with van der Waals surface area (Å²) in [5.41, 5.74) is 3.30. The van der Waals surface area contributed by atoms with Gasteiger partial charge in [0.2, 0.25) is 0 Å². The molecule has 2 aromatic heterocycles. The van der Waals surface area contributed by atoms with E-state index in [1.54, 1.807) is 12.3 Å². The summed E-state index contributed by atoms with van der Waals surface area (Å²) in [6.07, 6.45) is 1.57. The number of hydrogen-bond donors (Lipinski definition) is 1. The van der Waals surface area contributed by atoms with Crippen molar-refractivity contribution in [2.75, 3.05) is 5.32 Å². The maximum absolute atomic E-state index is 12.1. The van der Waals surface area contributed by atoms with Crippen LogP contribution in [0.25, 0.3) is 11.3 Å². The highest BCUT2D eigenvalue weighted by molar-refractivity contribution is 7.14. The highest BCUT2D eigenvalue weighted by Crippen LogP contribution is 2.24. The predicted molar refractivity (Wildman–Crippen MR) is 84.5 cm³/mol. The van der Waals surface area contributed by atoms with Gasteiger partial charge in [-0.15, -0.1) is 11.3 Å². The molecule has 0 saturated heterocycles. The molecule has 104 valence electrons. The van der Waals surface area contributed by atoms with Crippen LogP contribution >= 0.6 is 11.3 Å². The third-order valence-corrected chi connectivity index (χ3v) is 3.73. The number of carbonyl (C=O) groups excluding carboxylic acids is 1. The lowest BCUT2D eigenvalue weighted by atomic mass is 10.2. The molecule has 3 aromatic rings. The molecule has 0 fully saturated rings. The number of amides is 1. The number of nitrogens with one attached hydrogen (secondary N) is 1. The molecular formula is C16H13N3OS. The average Bonchev–Trinajstić information content (AvgIpc) is 2.97. The summed E-state index contributed by atoms with van der Waals surface area (Å²) >= 11 is 1.41. The number of hydrogen-bond acceptors (Lipinski definition) is 4. The predicted octanol–water partition coefficient (Wildman–Crippen LogP) is 3.77. The van der Waals surface area contributed by atoms with Crippen LogP contribution in [0.1, 0.15) is 16.1 Å². The molecule has 5 heteroatoms. The molecule has 0 unspecified atom stereocenters. The molecular weight excluding hydrogens is 282 g/mol. The van der Waals surface area contributed by atoms with Gasteiger partial charge in [-0.05, 0) is 19.1 Å². The molecule has 1 amide bonds. The lowest BCUT2D eigenvalue weighted by Crippen LogP contribution is -2.12. The van der Waals surface area contributed by atoms with Crippen molar-refractivity contribution in [3.8, 4) is 11.3 Å². The SMILES string of the molecule is Cc1ccc(C(=O)Nc2nc(-c3ccccc3)cs2)cn1. The van der Waals surface area contributed by atoms with E-state index in [0.717, 1.165) is 17.0 Å². The minimum atomic E-state index is -0.198. The van der Waals surface area contributed by atoms with Crippen molar-refractivity contribution < 1.29 is 4.79 Å². The molecule has 0 aliphatic heterocycles. The summed E-state index contributed by atoms with van der Waals surface area (Å²) < 4.78 is 0. The van der Waals surface area contributed by atoms with Gasteiger partial charge in [0.05, 0.1) is 11.3 Å². The summed E-state index contributed by atoms with van der Waals surface area (Å²) in [7, 11) is 0. The Morgan fingerprint density at radius 3 is 2.67 bits per heavy atom. The average molecular weight is 295 g/mol. The van der Waals surface area contributed by atoms with Crippen LogP contribution in [0.3, 0.4) is 0 Å². The first kappa shape index (κ1) is 13.5. The smallest absolute Gasteiger partial charge is 0.259 e. The van der Waals surface area contributed by atoms with Gasteiger partial charge in [0.1, 0.15) is 0 Å². The number of aromatic nitrogens is 2. The Hall–Kier alpha value is -2.53. The number of aryl methyl sites for hydroxylation is 1. The summed E-state index contributed by atoms with van der Waals surface area (Å²) in [6, 6.07) is 13.4. The summed E-state index contributed by atoms with van der Waals surface area (Å²) in [6.45, 7) is 1.88. The molecule has 1 aromatic carbocycles. The highest BCUT2D eigenvalue weighted by atomic mass is 32.1. The van der Waals surface area contributed by atoms with Crippen molar-refractivity contribution in [1.29, 1.82) is 0 Å². The number of pyridine rings is 1. The third kappa shape index (κ3) is 3.14. The minimum absolute atomic E-state index is 0.198. The Balaban J connectivity index is 1.75. The van der Waals surface area contributed by atoms with E-state index in [1.807, 2.05) is 48.7 Å². The second kappa shape index (κ2) is 5.85. The number of nitrogens with zero attached hydrogens (tertiary/aromatic N) is 2. The molecule has 0 bridgehead atoms. The van der Waals surface area contributed by atoms with Gasteiger partial charge in [0.15, 0.2) is 5.13 Å². The van der Waals surface area contributed by atoms with Crippen LogP contribution in [0, 0.1) is 6.92 Å². The summed E-state index contributed by atoms with van der Waals surface area (Å²) in [5.74, 6) is -0.198. The number of rotatable bonds is 3. The van der Waals surface area contributed by atoms with Crippen LogP contribution in [0.15, 0.2) is 54.0 Å². The van der Waals surface area contributed by atoms with Gasteiger partial charge in [-0.25, -0.2) is 4.98 Å². The fourth-order valence-electron chi connectivity index (χ4n) is 1.84. The Labute approximate surface area is 126 Å². The highest BCUT2D eigenvalue weighted by Gasteiger charge is 2.10. The standard InChI is InChI=1S/C16H13N3OS/c1-11-7-8-13(9-17-11)15(20)19-16-18-14(10-21-16)12-5-3-2-4-6-12/h2-10H,1H3,(H,18,19,20). The van der Waals surface area contributed by atoms with Crippen molar-refractivity contribution in [1.82, 2.24) is 9.97 Å². The molecule has 0 radical (unpaired) electrons. The lowest BCUT2D eigenvalue weighted by molar-refractivity contribution is 0.102. The molecule has 1 N–H and O–H groups in total. The molecule has 2 heterocycles. The van der Waals surface area contributed by atoms with Gasteiger partial charge in [0, 0.05) is 22.8 Å². The van der Waals surface area contributed by atoms with E-state index in [4.69, 9.17) is 0 Å². The van der Waals surface area contributed by atoms with Gasteiger partial charge in [0.25, 0.3) is 5.91 Å². The van der Waals surface area contributed by atoms with Crippen LogP contribution in [0.4, 0.5) is 5.13 Å². The van der Waals surface area contributed by atoms with E-state index in [9.17, 15) is 4.79 Å². The van der Waals surface area contributed by atoms with Crippen LogP contribution in [0.2, 0.25) is 0 Å². The summed E-state index contributed by atoms with van der Waals surface area (Å²) in [5, 5.41) is 5.31. The fraction of sp³-hybridized carbons (Fsp3) is 0.0625. The van der Waals surface area contributed by atoms with Crippen molar-refractivity contribution in [3.63, 3.8) is 0 Å². The number of anilines is 1. The van der Waals surface area contributed by atoms with E-state index in [2.05, 4.69) is 15.3 Å². The Kier molecular flexibility index (Phi) is 3.75. The molecule has 0 spiro atoms. The van der Waals surface area contributed by atoms with Crippen LogP contribution in [-0.2, 0) is 0 Å². The van der Waals surface area contributed by atoms with Crippen molar-refractivity contribution in [2.45, 2.75) is 6.92 Å². The third-order valence-electron chi connectivity index (χ3n) is 2.97. The molecule has 3 rings (SSSR count). The largest absolute Gasteiger partial charge is 0.298 e. The van der Waals surface area contributed by atoms with Gasteiger partial charge >= 0.3 is 0 Å². The van der Waals surface area contributed by atoms with Crippen LogP contribution in [-0.4, -0.2) is 15.9 Å². The zero-order valence-corrected chi connectivity index (χ0v) is 12.2. The maximum Gasteiger partial charge on any atom is 0.259 e. The second-order valence-electron chi connectivity index (χ2n) is 4.55. The molecule has 0 saturated carbocycles.